The number of hydrogen-bond acceptors (Lipinski definition) is 3. The molecule has 2 aromatic rings. The van der Waals surface area contributed by atoms with Crippen molar-refractivity contribution in [1.29, 1.82) is 0 Å². The minimum atomic E-state index is -0.342. The third-order valence-electron chi connectivity index (χ3n) is 7.88. The van der Waals surface area contributed by atoms with Crippen molar-refractivity contribution in [1.82, 2.24) is 10.6 Å². The van der Waals surface area contributed by atoms with Gasteiger partial charge in [0.15, 0.2) is 6.61 Å². The van der Waals surface area contributed by atoms with Crippen molar-refractivity contribution < 1.29 is 14.3 Å². The van der Waals surface area contributed by atoms with Crippen LogP contribution in [0.15, 0.2) is 42.5 Å². The highest BCUT2D eigenvalue weighted by Gasteiger charge is 2.59. The van der Waals surface area contributed by atoms with Crippen LogP contribution in [0.25, 0.3) is 0 Å². The number of likely N-dealkylation sites (N-methyl/N-ethyl adjacent to an activating group) is 1. The molecule has 7 heteroatoms. The molecular weight excluding hydrogens is 563 g/mol. The van der Waals surface area contributed by atoms with Crippen LogP contribution in [0.4, 0.5) is 0 Å². The second kappa shape index (κ2) is 10.4. The molecule has 5 atom stereocenters. The monoisotopic (exact) mass is 594 g/mol. The largest absolute Gasteiger partial charge is 0.484 e. The van der Waals surface area contributed by atoms with Crippen molar-refractivity contribution in [3.05, 3.63) is 64.2 Å². The maximum atomic E-state index is 13.2. The number of rotatable bonds is 7. The van der Waals surface area contributed by atoms with E-state index in [0.29, 0.717) is 10.8 Å². The van der Waals surface area contributed by atoms with E-state index >= 15 is 0 Å². The minimum absolute atomic E-state index is 0.0478. The Kier molecular flexibility index (Phi) is 7.77. The first-order valence-corrected chi connectivity index (χ1v) is 13.8. The average Bonchev–Trinajstić information content (AvgIpc) is 3.12. The number of carbonyl (C=O) groups excluding carboxylic acids is 2. The van der Waals surface area contributed by atoms with E-state index in [1.54, 1.807) is 13.1 Å². The van der Waals surface area contributed by atoms with Crippen LogP contribution in [0.5, 0.6) is 5.75 Å². The van der Waals surface area contributed by atoms with Crippen molar-refractivity contribution in [2.45, 2.75) is 55.4 Å². The van der Waals surface area contributed by atoms with Crippen LogP contribution < -0.4 is 15.4 Å². The first-order chi connectivity index (χ1) is 16.3. The highest BCUT2D eigenvalue weighted by Crippen LogP contribution is 2.60. The molecule has 2 aliphatic rings. The molecule has 2 N–H and O–H groups in total. The summed E-state index contributed by atoms with van der Waals surface area (Å²) in [7, 11) is 1.58. The highest BCUT2D eigenvalue weighted by molar-refractivity contribution is 14.1. The summed E-state index contributed by atoms with van der Waals surface area (Å²) >= 11 is 9.21. The zero-order chi connectivity index (χ0) is 24.5. The van der Waals surface area contributed by atoms with E-state index in [-0.39, 0.29) is 47.6 Å². The Morgan fingerprint density at radius 3 is 2.62 bits per heavy atom. The van der Waals surface area contributed by atoms with E-state index in [1.165, 1.54) is 11.1 Å². The quantitative estimate of drug-likeness (QED) is 0.324. The minimum Gasteiger partial charge on any atom is -0.484 e. The lowest BCUT2D eigenvalue weighted by Gasteiger charge is -2.47. The summed E-state index contributed by atoms with van der Waals surface area (Å²) in [6, 6.07) is 14.7. The van der Waals surface area contributed by atoms with Gasteiger partial charge in [0.1, 0.15) is 5.75 Å². The second-order valence-electron chi connectivity index (χ2n) is 9.49. The van der Waals surface area contributed by atoms with Gasteiger partial charge in [0.2, 0.25) is 5.91 Å². The molecule has 2 fully saturated rings. The van der Waals surface area contributed by atoms with Crippen LogP contribution in [0, 0.1) is 11.3 Å². The molecular formula is C27H32ClIN2O3. The summed E-state index contributed by atoms with van der Waals surface area (Å²) in [5, 5.41) is 6.46. The average molecular weight is 595 g/mol. The molecule has 0 spiro atoms. The van der Waals surface area contributed by atoms with Gasteiger partial charge in [-0.3, -0.25) is 9.59 Å². The van der Waals surface area contributed by atoms with E-state index < -0.39 is 0 Å². The molecule has 0 aromatic heterocycles. The lowest BCUT2D eigenvalue weighted by Crippen LogP contribution is -2.43. The van der Waals surface area contributed by atoms with E-state index in [1.807, 2.05) is 12.1 Å². The molecule has 182 valence electrons. The smallest absolute Gasteiger partial charge is 0.257 e. The Hall–Kier alpha value is -1.80. The van der Waals surface area contributed by atoms with Gasteiger partial charge in [0.05, 0.1) is 5.41 Å². The van der Waals surface area contributed by atoms with Crippen LogP contribution in [-0.2, 0) is 14.0 Å². The van der Waals surface area contributed by atoms with Crippen LogP contribution in [-0.4, -0.2) is 31.5 Å². The van der Waals surface area contributed by atoms with Gasteiger partial charge in [0.25, 0.3) is 5.91 Å². The topological polar surface area (TPSA) is 67.4 Å². The SMILES string of the molecule is CC[C@@]12CC[C@@H](c3ccc(OCC(=O)NC)cc3Cl)[C@H](c3ccc(CI)cc3)[C@@H]1[C@@H](C)NC2=O. The Labute approximate surface area is 220 Å². The predicted molar refractivity (Wildman–Crippen MR) is 144 cm³/mol. The molecule has 0 bridgehead atoms. The lowest BCUT2D eigenvalue weighted by molar-refractivity contribution is -0.131. The molecule has 1 heterocycles. The molecule has 2 aromatic carbocycles. The number of alkyl halides is 1. The standard InChI is InChI=1S/C27H32ClIN2O3/c1-4-27-12-11-21(20-10-9-19(13-22(20)28)34-15-23(32)30-3)24(25(27)16(2)31-26(27)33)18-7-5-17(14-29)6-8-18/h5-10,13,16,21,24-25H,4,11-12,14-15H2,1-3H3,(H,30,32)(H,31,33)/t16-,21+,24+,25+,27-/m1/s1. The molecule has 1 saturated carbocycles. The van der Waals surface area contributed by atoms with Gasteiger partial charge in [-0.25, -0.2) is 0 Å². The molecule has 4 rings (SSSR count). The fourth-order valence-electron chi connectivity index (χ4n) is 6.16. The van der Waals surface area contributed by atoms with Gasteiger partial charge >= 0.3 is 0 Å². The summed E-state index contributed by atoms with van der Waals surface area (Å²) in [5.74, 6) is 1.13. The second-order valence-corrected chi connectivity index (χ2v) is 10.7. The van der Waals surface area contributed by atoms with Gasteiger partial charge in [-0.15, -0.1) is 0 Å². The fourth-order valence-corrected chi connectivity index (χ4v) is 6.98. The first kappa shape index (κ1) is 25.3. The number of amides is 2. The van der Waals surface area contributed by atoms with E-state index in [2.05, 4.69) is 71.3 Å². The van der Waals surface area contributed by atoms with Crippen molar-refractivity contribution >= 4 is 46.0 Å². The zero-order valence-electron chi connectivity index (χ0n) is 19.9. The van der Waals surface area contributed by atoms with E-state index in [9.17, 15) is 9.59 Å². The number of hydrogen-bond donors (Lipinski definition) is 2. The maximum absolute atomic E-state index is 13.2. The maximum Gasteiger partial charge on any atom is 0.257 e. The summed E-state index contributed by atoms with van der Waals surface area (Å²) in [6.45, 7) is 4.24. The summed E-state index contributed by atoms with van der Waals surface area (Å²) in [4.78, 5) is 24.7. The number of nitrogens with one attached hydrogen (secondary N) is 2. The predicted octanol–water partition coefficient (Wildman–Crippen LogP) is 5.59. The third kappa shape index (κ3) is 4.55. The molecule has 34 heavy (non-hydrogen) atoms. The number of carbonyl (C=O) groups is 2. The van der Waals surface area contributed by atoms with Crippen LogP contribution in [0.2, 0.25) is 5.02 Å². The number of halogens is 2. The zero-order valence-corrected chi connectivity index (χ0v) is 22.8. The number of benzene rings is 2. The Balaban J connectivity index is 1.73. The molecule has 1 aliphatic heterocycles. The Bertz CT molecular complexity index is 1060. The third-order valence-corrected chi connectivity index (χ3v) is 9.09. The van der Waals surface area contributed by atoms with Gasteiger partial charge in [-0.1, -0.05) is 71.4 Å². The first-order valence-electron chi connectivity index (χ1n) is 11.9. The lowest BCUT2D eigenvalue weighted by atomic mass is 9.54. The summed E-state index contributed by atoms with van der Waals surface area (Å²) < 4.78 is 6.57. The van der Waals surface area contributed by atoms with Gasteiger partial charge in [-0.2, -0.15) is 0 Å². The summed E-state index contributed by atoms with van der Waals surface area (Å²) in [5.41, 5.74) is 3.29. The Morgan fingerprint density at radius 1 is 1.26 bits per heavy atom. The molecule has 0 unspecified atom stereocenters. The molecule has 1 aliphatic carbocycles. The van der Waals surface area contributed by atoms with E-state index in [4.69, 9.17) is 16.3 Å². The van der Waals surface area contributed by atoms with Crippen molar-refractivity contribution in [3.63, 3.8) is 0 Å². The van der Waals surface area contributed by atoms with Crippen molar-refractivity contribution in [2.24, 2.45) is 11.3 Å². The fraction of sp³-hybridized carbons (Fsp3) is 0.481. The normalized spacial score (nSPS) is 28.2. The van der Waals surface area contributed by atoms with Crippen LogP contribution in [0.1, 0.15) is 61.6 Å². The van der Waals surface area contributed by atoms with Gasteiger partial charge in [0, 0.05) is 28.5 Å². The molecule has 2 amide bonds. The Morgan fingerprint density at radius 2 is 2.00 bits per heavy atom. The highest BCUT2D eigenvalue weighted by atomic mass is 127. The number of ether oxygens (including phenoxy) is 1. The van der Waals surface area contributed by atoms with Crippen LogP contribution in [0.3, 0.4) is 0 Å². The van der Waals surface area contributed by atoms with Gasteiger partial charge in [-0.05, 0) is 66.8 Å². The summed E-state index contributed by atoms with van der Waals surface area (Å²) in [6.07, 6.45) is 2.58. The van der Waals surface area contributed by atoms with Gasteiger partial charge < -0.3 is 15.4 Å². The number of fused-ring (bicyclic) bond motifs is 1. The van der Waals surface area contributed by atoms with Crippen LogP contribution >= 0.6 is 34.2 Å². The van der Waals surface area contributed by atoms with Crippen molar-refractivity contribution in [3.8, 4) is 5.75 Å². The molecule has 0 radical (unpaired) electrons. The van der Waals surface area contributed by atoms with E-state index in [0.717, 1.165) is 29.3 Å². The molecule has 1 saturated heterocycles. The molecule has 5 nitrogen and oxygen atoms in total. The van der Waals surface area contributed by atoms with Crippen molar-refractivity contribution in [2.75, 3.05) is 13.7 Å².